The Morgan fingerprint density at radius 1 is 1.13 bits per heavy atom. The van der Waals surface area contributed by atoms with E-state index >= 15 is 0 Å². The van der Waals surface area contributed by atoms with Crippen molar-refractivity contribution in [2.24, 2.45) is 0 Å². The van der Waals surface area contributed by atoms with Gasteiger partial charge in [0.25, 0.3) is 5.91 Å². The molecule has 2 amide bonds. The summed E-state index contributed by atoms with van der Waals surface area (Å²) >= 11 is 1.47. The molecule has 1 aromatic carbocycles. The third-order valence-corrected chi connectivity index (χ3v) is 4.00. The summed E-state index contributed by atoms with van der Waals surface area (Å²) in [7, 11) is 1.64. The number of rotatable bonds is 8. The van der Waals surface area contributed by atoms with Crippen LogP contribution in [0, 0.1) is 0 Å². The highest BCUT2D eigenvalue weighted by Gasteiger charge is 2.07. The van der Waals surface area contributed by atoms with E-state index < -0.39 is 0 Å². The maximum absolute atomic E-state index is 11.9. The zero-order valence-corrected chi connectivity index (χ0v) is 13.8. The van der Waals surface area contributed by atoms with Crippen LogP contribution < -0.4 is 10.6 Å². The topological polar surface area (TPSA) is 67.4 Å². The van der Waals surface area contributed by atoms with E-state index in [1.807, 2.05) is 29.6 Å². The molecule has 2 N–H and O–H groups in total. The number of thiophene rings is 1. The Morgan fingerprint density at radius 2 is 1.91 bits per heavy atom. The second-order valence-corrected chi connectivity index (χ2v) is 5.78. The molecule has 0 saturated heterocycles. The van der Waals surface area contributed by atoms with E-state index in [0.29, 0.717) is 25.3 Å². The zero-order chi connectivity index (χ0) is 16.5. The minimum atomic E-state index is -0.149. The van der Waals surface area contributed by atoms with E-state index in [1.54, 1.807) is 18.6 Å². The third-order valence-electron chi connectivity index (χ3n) is 3.32. The normalized spacial score (nSPS) is 10.3. The second kappa shape index (κ2) is 9.07. The number of hydrogen-bond donors (Lipinski definition) is 2. The van der Waals surface area contributed by atoms with Crippen LogP contribution >= 0.6 is 11.3 Å². The van der Waals surface area contributed by atoms with E-state index in [0.717, 1.165) is 11.1 Å². The largest absolute Gasteiger partial charge is 0.380 e. The summed E-state index contributed by atoms with van der Waals surface area (Å²) in [5.74, 6) is -0.243. The minimum absolute atomic E-state index is 0.0946. The van der Waals surface area contributed by atoms with Crippen molar-refractivity contribution in [3.63, 3.8) is 0 Å². The molecule has 0 saturated carbocycles. The number of amides is 2. The molecular weight excluding hydrogens is 312 g/mol. The van der Waals surface area contributed by atoms with Crippen LogP contribution in [0.15, 0.2) is 41.1 Å². The number of carbonyl (C=O) groups is 2. The summed E-state index contributed by atoms with van der Waals surface area (Å²) < 4.78 is 5.14. The zero-order valence-electron chi connectivity index (χ0n) is 13.0. The first kappa shape index (κ1) is 17.2. The van der Waals surface area contributed by atoms with Gasteiger partial charge in [0.15, 0.2) is 0 Å². The number of methoxy groups -OCH3 is 1. The van der Waals surface area contributed by atoms with Crippen LogP contribution in [0.25, 0.3) is 0 Å². The first-order valence-corrected chi connectivity index (χ1v) is 8.28. The molecule has 1 aromatic heterocycles. The lowest BCUT2D eigenvalue weighted by molar-refractivity contribution is -0.121. The molecule has 6 heteroatoms. The molecule has 5 nitrogen and oxygen atoms in total. The highest BCUT2D eigenvalue weighted by atomic mass is 32.1. The van der Waals surface area contributed by atoms with Crippen LogP contribution in [-0.2, 0) is 22.7 Å². The Balaban J connectivity index is 1.72. The van der Waals surface area contributed by atoms with Gasteiger partial charge in [-0.3, -0.25) is 9.59 Å². The summed E-state index contributed by atoms with van der Waals surface area (Å²) in [5.41, 5.74) is 2.72. The van der Waals surface area contributed by atoms with Crippen molar-refractivity contribution in [1.82, 2.24) is 10.6 Å². The predicted molar refractivity (Wildman–Crippen MR) is 90.3 cm³/mol. The molecule has 2 rings (SSSR count). The van der Waals surface area contributed by atoms with Crippen molar-refractivity contribution in [3.05, 3.63) is 57.8 Å². The number of nitrogens with one attached hydrogen (secondary N) is 2. The highest BCUT2D eigenvalue weighted by molar-refractivity contribution is 7.08. The molecule has 0 aliphatic rings. The third kappa shape index (κ3) is 5.50. The molecule has 0 unspecified atom stereocenters. The van der Waals surface area contributed by atoms with Gasteiger partial charge in [-0.05, 0) is 22.6 Å². The maximum Gasteiger partial charge on any atom is 0.252 e. The summed E-state index contributed by atoms with van der Waals surface area (Å²) in [5, 5.41) is 9.22. The van der Waals surface area contributed by atoms with Gasteiger partial charge in [0.05, 0.1) is 6.61 Å². The fraction of sp³-hybridized carbons (Fsp3) is 0.294. The molecule has 0 fully saturated rings. The minimum Gasteiger partial charge on any atom is -0.380 e. The van der Waals surface area contributed by atoms with Gasteiger partial charge < -0.3 is 15.4 Å². The van der Waals surface area contributed by atoms with Gasteiger partial charge in [0.2, 0.25) is 5.91 Å². The van der Waals surface area contributed by atoms with Crippen LogP contribution in [-0.4, -0.2) is 25.5 Å². The van der Waals surface area contributed by atoms with Crippen LogP contribution in [0.5, 0.6) is 0 Å². The Morgan fingerprint density at radius 3 is 2.61 bits per heavy atom. The van der Waals surface area contributed by atoms with Gasteiger partial charge in [0.1, 0.15) is 0 Å². The van der Waals surface area contributed by atoms with Crippen LogP contribution in [0.3, 0.4) is 0 Å². The number of carbonyl (C=O) groups excluding carboxylic acids is 2. The molecule has 0 radical (unpaired) electrons. The van der Waals surface area contributed by atoms with Crippen molar-refractivity contribution in [1.29, 1.82) is 0 Å². The van der Waals surface area contributed by atoms with E-state index in [9.17, 15) is 9.59 Å². The SMILES string of the molecule is COCc1ccccc1CNC(=O)CCNC(=O)c1ccsc1. The summed E-state index contributed by atoms with van der Waals surface area (Å²) in [6, 6.07) is 9.58. The van der Waals surface area contributed by atoms with Crippen LogP contribution in [0.2, 0.25) is 0 Å². The Kier molecular flexibility index (Phi) is 6.77. The van der Waals surface area contributed by atoms with Crippen LogP contribution in [0.1, 0.15) is 27.9 Å². The Bertz CT molecular complexity index is 641. The van der Waals surface area contributed by atoms with Crippen molar-refractivity contribution in [2.45, 2.75) is 19.6 Å². The quantitative estimate of drug-likeness (QED) is 0.780. The molecule has 0 atom stereocenters. The molecule has 0 spiro atoms. The van der Waals surface area contributed by atoms with Gasteiger partial charge in [-0.25, -0.2) is 0 Å². The van der Waals surface area contributed by atoms with Gasteiger partial charge in [-0.1, -0.05) is 24.3 Å². The molecule has 1 heterocycles. The lowest BCUT2D eigenvalue weighted by Gasteiger charge is -2.10. The van der Waals surface area contributed by atoms with E-state index in [2.05, 4.69) is 10.6 Å². The Labute approximate surface area is 139 Å². The molecule has 2 aromatic rings. The number of benzene rings is 1. The molecule has 23 heavy (non-hydrogen) atoms. The van der Waals surface area contributed by atoms with Crippen molar-refractivity contribution < 1.29 is 14.3 Å². The van der Waals surface area contributed by atoms with Crippen molar-refractivity contribution in [3.8, 4) is 0 Å². The summed E-state index contributed by atoms with van der Waals surface area (Å²) in [6.07, 6.45) is 0.252. The molecule has 122 valence electrons. The second-order valence-electron chi connectivity index (χ2n) is 5.00. The monoisotopic (exact) mass is 332 g/mol. The first-order chi connectivity index (χ1) is 11.2. The van der Waals surface area contributed by atoms with E-state index in [4.69, 9.17) is 4.74 Å². The van der Waals surface area contributed by atoms with Gasteiger partial charge >= 0.3 is 0 Å². The number of hydrogen-bond acceptors (Lipinski definition) is 4. The smallest absolute Gasteiger partial charge is 0.252 e. The van der Waals surface area contributed by atoms with Crippen molar-refractivity contribution in [2.75, 3.05) is 13.7 Å². The maximum atomic E-state index is 11.9. The highest BCUT2D eigenvalue weighted by Crippen LogP contribution is 2.09. The fourth-order valence-corrected chi connectivity index (χ4v) is 2.73. The van der Waals surface area contributed by atoms with E-state index in [1.165, 1.54) is 11.3 Å². The summed E-state index contributed by atoms with van der Waals surface area (Å²) in [4.78, 5) is 23.6. The molecule has 0 aliphatic carbocycles. The molecule has 0 aliphatic heterocycles. The Hall–Kier alpha value is -2.18. The standard InChI is InChI=1S/C17H20N2O3S/c1-22-11-14-5-3-2-4-13(14)10-19-16(20)6-8-18-17(21)15-7-9-23-12-15/h2-5,7,9,12H,6,8,10-11H2,1H3,(H,18,21)(H,19,20). The predicted octanol–water partition coefficient (Wildman–Crippen LogP) is 2.33. The summed E-state index contributed by atoms with van der Waals surface area (Å²) in [6.45, 7) is 1.29. The lowest BCUT2D eigenvalue weighted by Crippen LogP contribution is -2.30. The molecule has 0 bridgehead atoms. The van der Waals surface area contributed by atoms with Gasteiger partial charge in [0, 0.05) is 37.6 Å². The average molecular weight is 332 g/mol. The fourth-order valence-electron chi connectivity index (χ4n) is 2.09. The van der Waals surface area contributed by atoms with Crippen molar-refractivity contribution >= 4 is 23.2 Å². The first-order valence-electron chi connectivity index (χ1n) is 7.33. The van der Waals surface area contributed by atoms with Crippen LogP contribution in [0.4, 0.5) is 0 Å². The molecular formula is C17H20N2O3S. The van der Waals surface area contributed by atoms with Gasteiger partial charge in [-0.15, -0.1) is 0 Å². The van der Waals surface area contributed by atoms with Gasteiger partial charge in [-0.2, -0.15) is 11.3 Å². The lowest BCUT2D eigenvalue weighted by atomic mass is 10.1. The van der Waals surface area contributed by atoms with E-state index in [-0.39, 0.29) is 18.2 Å². The average Bonchev–Trinajstić information content (AvgIpc) is 3.09. The number of ether oxygens (including phenoxy) is 1.